The summed E-state index contributed by atoms with van der Waals surface area (Å²) in [5.41, 5.74) is 1.65. The molecule has 0 heterocycles. The summed E-state index contributed by atoms with van der Waals surface area (Å²) in [6, 6.07) is 8.76. The molecule has 0 aliphatic heterocycles. The molecule has 1 atom stereocenters. The lowest BCUT2D eigenvalue weighted by atomic mass is 9.96. The zero-order valence-electron chi connectivity index (χ0n) is 9.97. The standard InChI is InChI=1S/C13H20BrN/c1-10(15-9-13(2,3)4)11-7-5-6-8-12(11)14/h5-8,10,15H,9H2,1-4H3/t10-/m1/s1. The molecule has 1 aromatic rings. The van der Waals surface area contributed by atoms with Gasteiger partial charge in [-0.15, -0.1) is 0 Å². The molecule has 0 saturated heterocycles. The van der Waals surface area contributed by atoms with Gasteiger partial charge < -0.3 is 5.32 Å². The highest BCUT2D eigenvalue weighted by Crippen LogP contribution is 2.23. The summed E-state index contributed by atoms with van der Waals surface area (Å²) in [4.78, 5) is 0. The van der Waals surface area contributed by atoms with Crippen LogP contribution in [-0.2, 0) is 0 Å². The number of nitrogens with one attached hydrogen (secondary N) is 1. The minimum absolute atomic E-state index is 0.329. The first-order valence-electron chi connectivity index (χ1n) is 5.38. The van der Waals surface area contributed by atoms with Crippen molar-refractivity contribution in [3.63, 3.8) is 0 Å². The van der Waals surface area contributed by atoms with E-state index in [4.69, 9.17) is 0 Å². The van der Waals surface area contributed by atoms with Crippen LogP contribution in [0.3, 0.4) is 0 Å². The van der Waals surface area contributed by atoms with Crippen LogP contribution >= 0.6 is 15.9 Å². The van der Waals surface area contributed by atoms with Gasteiger partial charge in [0, 0.05) is 17.1 Å². The predicted octanol–water partition coefficient (Wildman–Crippen LogP) is 4.15. The monoisotopic (exact) mass is 269 g/mol. The van der Waals surface area contributed by atoms with Gasteiger partial charge in [0.25, 0.3) is 0 Å². The Morgan fingerprint density at radius 1 is 1.27 bits per heavy atom. The van der Waals surface area contributed by atoms with Gasteiger partial charge in [-0.05, 0) is 24.0 Å². The first-order valence-corrected chi connectivity index (χ1v) is 6.17. The van der Waals surface area contributed by atoms with Crippen LogP contribution in [0.25, 0.3) is 0 Å². The highest BCUT2D eigenvalue weighted by atomic mass is 79.9. The molecule has 1 nitrogen and oxygen atoms in total. The largest absolute Gasteiger partial charge is 0.310 e. The third-order valence-corrected chi connectivity index (χ3v) is 3.03. The second-order valence-corrected chi connectivity index (χ2v) is 6.04. The van der Waals surface area contributed by atoms with Crippen molar-refractivity contribution < 1.29 is 0 Å². The second kappa shape index (κ2) is 5.13. The van der Waals surface area contributed by atoms with Crippen LogP contribution in [0.4, 0.5) is 0 Å². The molecule has 84 valence electrons. The van der Waals surface area contributed by atoms with Gasteiger partial charge in [-0.25, -0.2) is 0 Å². The second-order valence-electron chi connectivity index (χ2n) is 5.18. The lowest BCUT2D eigenvalue weighted by Crippen LogP contribution is -2.29. The Balaban J connectivity index is 2.62. The molecular weight excluding hydrogens is 250 g/mol. The maximum absolute atomic E-state index is 3.58. The van der Waals surface area contributed by atoms with E-state index in [0.717, 1.165) is 6.54 Å². The molecule has 2 heteroatoms. The minimum Gasteiger partial charge on any atom is -0.310 e. The van der Waals surface area contributed by atoms with E-state index in [9.17, 15) is 0 Å². The van der Waals surface area contributed by atoms with E-state index in [1.54, 1.807) is 0 Å². The van der Waals surface area contributed by atoms with Crippen LogP contribution in [-0.4, -0.2) is 6.54 Å². The van der Waals surface area contributed by atoms with Gasteiger partial charge in [0.2, 0.25) is 0 Å². The lowest BCUT2D eigenvalue weighted by molar-refractivity contribution is 0.359. The zero-order chi connectivity index (χ0) is 11.5. The van der Waals surface area contributed by atoms with Gasteiger partial charge in [0.1, 0.15) is 0 Å². The van der Waals surface area contributed by atoms with Crippen molar-refractivity contribution >= 4 is 15.9 Å². The molecule has 0 aliphatic carbocycles. The fraction of sp³-hybridized carbons (Fsp3) is 0.538. The molecule has 0 saturated carbocycles. The molecule has 1 rings (SSSR count). The molecule has 15 heavy (non-hydrogen) atoms. The molecule has 0 spiro atoms. The Kier molecular flexibility index (Phi) is 4.35. The van der Waals surface area contributed by atoms with Crippen molar-refractivity contribution in [1.82, 2.24) is 5.32 Å². The third kappa shape index (κ3) is 4.35. The maximum atomic E-state index is 3.58. The molecule has 0 aliphatic rings. The number of hydrogen-bond acceptors (Lipinski definition) is 1. The normalized spacial score (nSPS) is 13.9. The Labute approximate surface area is 101 Å². The Bertz CT molecular complexity index is 315. The van der Waals surface area contributed by atoms with Gasteiger partial charge in [-0.2, -0.15) is 0 Å². The maximum Gasteiger partial charge on any atom is 0.0303 e. The first kappa shape index (κ1) is 12.7. The average molecular weight is 270 g/mol. The van der Waals surface area contributed by atoms with Crippen molar-refractivity contribution in [3.05, 3.63) is 34.3 Å². The molecule has 1 aromatic carbocycles. The average Bonchev–Trinajstić information content (AvgIpc) is 2.14. The van der Waals surface area contributed by atoms with Gasteiger partial charge >= 0.3 is 0 Å². The van der Waals surface area contributed by atoms with Crippen LogP contribution < -0.4 is 5.32 Å². The smallest absolute Gasteiger partial charge is 0.0303 e. The van der Waals surface area contributed by atoms with Crippen LogP contribution in [0.1, 0.15) is 39.3 Å². The van der Waals surface area contributed by atoms with Crippen molar-refractivity contribution in [1.29, 1.82) is 0 Å². The molecule has 0 amide bonds. The molecule has 0 bridgehead atoms. The van der Waals surface area contributed by atoms with Crippen molar-refractivity contribution in [2.45, 2.75) is 33.7 Å². The van der Waals surface area contributed by atoms with E-state index in [2.05, 4.69) is 67.1 Å². The van der Waals surface area contributed by atoms with E-state index in [1.807, 2.05) is 6.07 Å². The fourth-order valence-electron chi connectivity index (χ4n) is 1.40. The summed E-state index contributed by atoms with van der Waals surface area (Å²) in [6.07, 6.45) is 0. The quantitative estimate of drug-likeness (QED) is 0.870. The molecule has 0 unspecified atom stereocenters. The van der Waals surface area contributed by atoms with Crippen molar-refractivity contribution in [2.24, 2.45) is 5.41 Å². The van der Waals surface area contributed by atoms with Gasteiger partial charge in [0.15, 0.2) is 0 Å². The van der Waals surface area contributed by atoms with E-state index in [0.29, 0.717) is 11.5 Å². The Hall–Kier alpha value is -0.340. The van der Waals surface area contributed by atoms with Gasteiger partial charge in [0.05, 0.1) is 0 Å². The summed E-state index contributed by atoms with van der Waals surface area (Å²) in [5.74, 6) is 0. The first-order chi connectivity index (χ1) is 6.90. The minimum atomic E-state index is 0.329. The topological polar surface area (TPSA) is 12.0 Å². The van der Waals surface area contributed by atoms with E-state index >= 15 is 0 Å². The molecule has 0 aromatic heterocycles. The van der Waals surface area contributed by atoms with Crippen molar-refractivity contribution in [2.75, 3.05) is 6.54 Å². The van der Waals surface area contributed by atoms with Gasteiger partial charge in [-0.1, -0.05) is 54.9 Å². The number of benzene rings is 1. The fourth-order valence-corrected chi connectivity index (χ4v) is 2.02. The van der Waals surface area contributed by atoms with Crippen LogP contribution in [0, 0.1) is 5.41 Å². The summed E-state index contributed by atoms with van der Waals surface area (Å²) in [5, 5.41) is 3.55. The van der Waals surface area contributed by atoms with Crippen molar-refractivity contribution in [3.8, 4) is 0 Å². The third-order valence-electron chi connectivity index (χ3n) is 2.31. The lowest BCUT2D eigenvalue weighted by Gasteiger charge is -2.23. The predicted molar refractivity (Wildman–Crippen MR) is 70.0 cm³/mol. The van der Waals surface area contributed by atoms with Gasteiger partial charge in [-0.3, -0.25) is 0 Å². The van der Waals surface area contributed by atoms with Crippen LogP contribution in [0.5, 0.6) is 0 Å². The summed E-state index contributed by atoms with van der Waals surface area (Å²) in [6.45, 7) is 9.95. The Morgan fingerprint density at radius 2 is 1.87 bits per heavy atom. The molecule has 0 radical (unpaired) electrons. The van der Waals surface area contributed by atoms with Crippen LogP contribution in [0.2, 0.25) is 0 Å². The van der Waals surface area contributed by atoms with E-state index in [1.165, 1.54) is 10.0 Å². The van der Waals surface area contributed by atoms with E-state index < -0.39 is 0 Å². The number of rotatable bonds is 3. The van der Waals surface area contributed by atoms with Crippen LogP contribution in [0.15, 0.2) is 28.7 Å². The van der Waals surface area contributed by atoms with E-state index in [-0.39, 0.29) is 0 Å². The molecular formula is C13H20BrN. The summed E-state index contributed by atoms with van der Waals surface area (Å²) < 4.78 is 1.18. The SMILES string of the molecule is C[C@@H](NCC(C)(C)C)c1ccccc1Br. The summed E-state index contributed by atoms with van der Waals surface area (Å²) >= 11 is 3.58. The highest BCUT2D eigenvalue weighted by Gasteiger charge is 2.13. The number of halogens is 1. The number of hydrogen-bond donors (Lipinski definition) is 1. The molecule has 1 N–H and O–H groups in total. The zero-order valence-corrected chi connectivity index (χ0v) is 11.6. The summed E-state index contributed by atoms with van der Waals surface area (Å²) in [7, 11) is 0. The highest BCUT2D eigenvalue weighted by molar-refractivity contribution is 9.10. The molecule has 0 fully saturated rings. The Morgan fingerprint density at radius 3 is 2.40 bits per heavy atom.